The van der Waals surface area contributed by atoms with Gasteiger partial charge in [-0.3, -0.25) is 9.98 Å². The van der Waals surface area contributed by atoms with Crippen molar-refractivity contribution >= 4 is 16.9 Å². The first-order chi connectivity index (χ1) is 8.77. The largest absolute Gasteiger partial charge is 0.384 e. The number of fused-ring (bicyclic) bond motifs is 1. The van der Waals surface area contributed by atoms with Crippen molar-refractivity contribution in [1.82, 2.24) is 14.5 Å². The summed E-state index contributed by atoms with van der Waals surface area (Å²) in [6.07, 6.45) is 3.37. The Labute approximate surface area is 103 Å². The average molecular weight is 237 g/mol. The first kappa shape index (κ1) is 10.5. The molecule has 0 bridgehead atoms. The van der Waals surface area contributed by atoms with Crippen LogP contribution in [0.25, 0.3) is 16.9 Å². The van der Waals surface area contributed by atoms with E-state index in [2.05, 4.69) is 9.97 Å². The minimum Gasteiger partial charge on any atom is -0.384 e. The number of rotatable bonds is 2. The molecule has 0 radical (unpaired) electrons. The van der Waals surface area contributed by atoms with Crippen molar-refractivity contribution in [3.05, 3.63) is 54.5 Å². The fourth-order valence-corrected chi connectivity index (χ4v) is 1.93. The van der Waals surface area contributed by atoms with E-state index in [0.717, 1.165) is 11.0 Å². The Balaban J connectivity index is 2.30. The summed E-state index contributed by atoms with van der Waals surface area (Å²) in [5.74, 6) is 0.620. The Bertz CT molecular complexity index is 729. The zero-order chi connectivity index (χ0) is 12.5. The summed E-state index contributed by atoms with van der Waals surface area (Å²) in [5, 5.41) is 7.59. The van der Waals surface area contributed by atoms with Crippen LogP contribution >= 0.6 is 0 Å². The predicted molar refractivity (Wildman–Crippen MR) is 69.9 cm³/mol. The van der Waals surface area contributed by atoms with Crippen molar-refractivity contribution in [3.63, 3.8) is 0 Å². The van der Waals surface area contributed by atoms with Crippen LogP contribution in [0.1, 0.15) is 5.56 Å². The molecule has 3 aromatic rings. The number of hydrogen-bond donors (Lipinski definition) is 2. The molecule has 0 aliphatic carbocycles. The standard InChI is InChI=1S/C13H11N5/c14-12(15)9-4-3-7-16-13(9)18-8-17-10-5-1-2-6-11(10)18/h1-8H,(H3,14,15). The summed E-state index contributed by atoms with van der Waals surface area (Å²) >= 11 is 0. The van der Waals surface area contributed by atoms with E-state index in [1.54, 1.807) is 24.7 Å². The summed E-state index contributed by atoms with van der Waals surface area (Å²) in [6.45, 7) is 0. The number of nitrogens with two attached hydrogens (primary N) is 1. The molecule has 18 heavy (non-hydrogen) atoms. The second-order valence-electron chi connectivity index (χ2n) is 3.89. The molecule has 5 heteroatoms. The van der Waals surface area contributed by atoms with Crippen LogP contribution in [0.15, 0.2) is 48.9 Å². The van der Waals surface area contributed by atoms with E-state index >= 15 is 0 Å². The molecule has 0 fully saturated rings. The van der Waals surface area contributed by atoms with Gasteiger partial charge in [0.1, 0.15) is 18.0 Å². The lowest BCUT2D eigenvalue weighted by molar-refractivity contribution is 1.01. The first-order valence-corrected chi connectivity index (χ1v) is 5.49. The van der Waals surface area contributed by atoms with Crippen LogP contribution in [0.4, 0.5) is 0 Å². The van der Waals surface area contributed by atoms with Gasteiger partial charge in [-0.25, -0.2) is 9.97 Å². The molecule has 3 rings (SSSR count). The van der Waals surface area contributed by atoms with Gasteiger partial charge in [-0.15, -0.1) is 0 Å². The van der Waals surface area contributed by atoms with Gasteiger partial charge in [0.2, 0.25) is 0 Å². The molecule has 0 aliphatic heterocycles. The van der Waals surface area contributed by atoms with E-state index < -0.39 is 0 Å². The maximum Gasteiger partial charge on any atom is 0.149 e. The molecule has 1 aromatic carbocycles. The summed E-state index contributed by atoms with van der Waals surface area (Å²) < 4.78 is 1.84. The van der Waals surface area contributed by atoms with Crippen molar-refractivity contribution in [2.75, 3.05) is 0 Å². The molecule has 0 aliphatic rings. The van der Waals surface area contributed by atoms with Gasteiger partial charge in [0.15, 0.2) is 0 Å². The number of nitrogen functional groups attached to an aromatic ring is 1. The maximum absolute atomic E-state index is 7.59. The quantitative estimate of drug-likeness (QED) is 0.526. The first-order valence-electron chi connectivity index (χ1n) is 5.49. The third-order valence-corrected chi connectivity index (χ3v) is 2.76. The molecule has 2 heterocycles. The number of aromatic nitrogens is 3. The molecule has 0 spiro atoms. The Morgan fingerprint density at radius 3 is 2.78 bits per heavy atom. The molecular weight excluding hydrogens is 226 g/mol. The van der Waals surface area contributed by atoms with E-state index in [0.29, 0.717) is 11.4 Å². The monoisotopic (exact) mass is 237 g/mol. The highest BCUT2D eigenvalue weighted by Crippen LogP contribution is 2.18. The molecule has 0 saturated carbocycles. The average Bonchev–Trinajstić information content (AvgIpc) is 2.82. The number of nitrogens with one attached hydrogen (secondary N) is 1. The predicted octanol–water partition coefficient (Wildman–Crippen LogP) is 1.70. The molecule has 0 unspecified atom stereocenters. The number of para-hydroxylation sites is 2. The highest BCUT2D eigenvalue weighted by molar-refractivity contribution is 5.98. The van der Waals surface area contributed by atoms with Crippen molar-refractivity contribution in [3.8, 4) is 5.82 Å². The van der Waals surface area contributed by atoms with Crippen LogP contribution in [-0.2, 0) is 0 Å². The molecular formula is C13H11N5. The van der Waals surface area contributed by atoms with E-state index in [1.165, 1.54) is 0 Å². The van der Waals surface area contributed by atoms with Crippen LogP contribution in [0.3, 0.4) is 0 Å². The van der Waals surface area contributed by atoms with Crippen molar-refractivity contribution in [1.29, 1.82) is 5.41 Å². The third-order valence-electron chi connectivity index (χ3n) is 2.76. The second-order valence-corrected chi connectivity index (χ2v) is 3.89. The highest BCUT2D eigenvalue weighted by atomic mass is 15.1. The van der Waals surface area contributed by atoms with Gasteiger partial charge >= 0.3 is 0 Å². The van der Waals surface area contributed by atoms with Gasteiger partial charge in [-0.2, -0.15) is 0 Å². The van der Waals surface area contributed by atoms with Gasteiger partial charge in [-0.05, 0) is 24.3 Å². The van der Waals surface area contributed by atoms with Crippen molar-refractivity contribution in [2.45, 2.75) is 0 Å². The summed E-state index contributed by atoms with van der Waals surface area (Å²) in [5.41, 5.74) is 8.00. The number of amidine groups is 1. The van der Waals surface area contributed by atoms with E-state index in [-0.39, 0.29) is 5.84 Å². The van der Waals surface area contributed by atoms with Gasteiger partial charge in [0.05, 0.1) is 16.6 Å². The van der Waals surface area contributed by atoms with Crippen LogP contribution in [-0.4, -0.2) is 20.4 Å². The fourth-order valence-electron chi connectivity index (χ4n) is 1.93. The Hall–Kier alpha value is -2.69. The number of imidazole rings is 1. The number of pyridine rings is 1. The smallest absolute Gasteiger partial charge is 0.149 e. The maximum atomic E-state index is 7.59. The highest BCUT2D eigenvalue weighted by Gasteiger charge is 2.10. The van der Waals surface area contributed by atoms with E-state index in [1.807, 2.05) is 28.8 Å². The molecule has 88 valence electrons. The molecule has 0 atom stereocenters. The lowest BCUT2D eigenvalue weighted by atomic mass is 10.2. The Kier molecular flexibility index (Phi) is 2.30. The van der Waals surface area contributed by atoms with Gasteiger partial charge in [0.25, 0.3) is 0 Å². The number of nitrogens with zero attached hydrogens (tertiary/aromatic N) is 3. The van der Waals surface area contributed by atoms with Crippen LogP contribution < -0.4 is 5.73 Å². The molecule has 3 N–H and O–H groups in total. The van der Waals surface area contributed by atoms with Crippen LogP contribution in [0.2, 0.25) is 0 Å². The lowest BCUT2D eigenvalue weighted by Crippen LogP contribution is -2.15. The van der Waals surface area contributed by atoms with E-state index in [4.69, 9.17) is 11.1 Å². The molecule has 0 amide bonds. The molecule has 5 nitrogen and oxygen atoms in total. The lowest BCUT2D eigenvalue weighted by Gasteiger charge is -2.08. The number of hydrogen-bond acceptors (Lipinski definition) is 3. The fraction of sp³-hybridized carbons (Fsp3) is 0. The van der Waals surface area contributed by atoms with Gasteiger partial charge < -0.3 is 5.73 Å². The minimum absolute atomic E-state index is 0.00381. The zero-order valence-corrected chi connectivity index (χ0v) is 9.54. The van der Waals surface area contributed by atoms with Gasteiger partial charge in [0, 0.05) is 6.20 Å². The normalized spacial score (nSPS) is 10.7. The Morgan fingerprint density at radius 2 is 1.94 bits per heavy atom. The molecule has 2 aromatic heterocycles. The van der Waals surface area contributed by atoms with Crippen molar-refractivity contribution < 1.29 is 0 Å². The summed E-state index contributed by atoms with van der Waals surface area (Å²) in [6, 6.07) is 11.3. The topological polar surface area (TPSA) is 80.6 Å². The van der Waals surface area contributed by atoms with Gasteiger partial charge in [-0.1, -0.05) is 12.1 Å². The Morgan fingerprint density at radius 1 is 1.11 bits per heavy atom. The third kappa shape index (κ3) is 1.53. The number of benzene rings is 1. The second kappa shape index (κ2) is 3.96. The van der Waals surface area contributed by atoms with E-state index in [9.17, 15) is 0 Å². The zero-order valence-electron chi connectivity index (χ0n) is 9.54. The molecule has 0 saturated heterocycles. The van der Waals surface area contributed by atoms with Crippen LogP contribution in [0.5, 0.6) is 0 Å². The minimum atomic E-state index is -0.00381. The summed E-state index contributed by atoms with van der Waals surface area (Å²) in [4.78, 5) is 8.60. The van der Waals surface area contributed by atoms with Crippen molar-refractivity contribution in [2.24, 2.45) is 5.73 Å². The SMILES string of the molecule is N=C(N)c1cccnc1-n1cnc2ccccc21. The van der Waals surface area contributed by atoms with Crippen LogP contribution in [0, 0.1) is 5.41 Å². The summed E-state index contributed by atoms with van der Waals surface area (Å²) in [7, 11) is 0.